The summed E-state index contributed by atoms with van der Waals surface area (Å²) in [6.07, 6.45) is 0. The lowest BCUT2D eigenvalue weighted by Gasteiger charge is -2.17. The Bertz CT molecular complexity index is 368. The van der Waals surface area contributed by atoms with E-state index in [4.69, 9.17) is 4.84 Å². The molecule has 0 aliphatic rings. The van der Waals surface area contributed by atoms with E-state index in [1.807, 2.05) is 31.6 Å². The molecule has 0 aliphatic heterocycles. The molecule has 0 fully saturated rings. The highest BCUT2D eigenvalue weighted by Gasteiger charge is 2.19. The van der Waals surface area contributed by atoms with Gasteiger partial charge >= 0.3 is 0 Å². The van der Waals surface area contributed by atoms with Crippen LogP contribution in [0.1, 0.15) is 40.3 Å². The quantitative estimate of drug-likeness (QED) is 0.554. The van der Waals surface area contributed by atoms with Crippen LogP contribution in [-0.2, 0) is 12.5 Å². The first kappa shape index (κ1) is 11.8. The van der Waals surface area contributed by atoms with E-state index in [1.165, 1.54) is 0 Å². The Hall–Kier alpha value is -1.32. The van der Waals surface area contributed by atoms with Gasteiger partial charge in [-0.15, -0.1) is 5.10 Å². The molecule has 1 aromatic rings. The highest BCUT2D eigenvalue weighted by molar-refractivity contribution is 5.78. The highest BCUT2D eigenvalue weighted by atomic mass is 16.6. The van der Waals surface area contributed by atoms with E-state index in [9.17, 15) is 0 Å². The fourth-order valence-electron chi connectivity index (χ4n) is 1.33. The molecule has 4 nitrogen and oxygen atoms in total. The molecule has 84 valence electrons. The third-order valence-electron chi connectivity index (χ3n) is 1.95. The van der Waals surface area contributed by atoms with E-state index >= 15 is 0 Å². The van der Waals surface area contributed by atoms with Gasteiger partial charge in [0, 0.05) is 24.2 Å². The minimum absolute atomic E-state index is 0.0638. The highest BCUT2D eigenvalue weighted by Crippen LogP contribution is 2.24. The van der Waals surface area contributed by atoms with Crippen LogP contribution in [0.4, 0.5) is 0 Å². The van der Waals surface area contributed by atoms with Gasteiger partial charge in [0.25, 0.3) is 5.88 Å². The van der Waals surface area contributed by atoms with Crippen LogP contribution in [0.5, 0.6) is 5.88 Å². The van der Waals surface area contributed by atoms with Gasteiger partial charge < -0.3 is 4.84 Å². The molecule has 0 saturated heterocycles. The average molecular weight is 209 g/mol. The summed E-state index contributed by atoms with van der Waals surface area (Å²) in [4.78, 5) is 5.18. The zero-order valence-corrected chi connectivity index (χ0v) is 10.3. The number of rotatable bonds is 2. The molecule has 0 aliphatic carbocycles. The number of hydrogen-bond acceptors (Lipinski definition) is 3. The van der Waals surface area contributed by atoms with E-state index < -0.39 is 0 Å². The van der Waals surface area contributed by atoms with Crippen molar-refractivity contribution in [3.63, 3.8) is 0 Å². The summed E-state index contributed by atoms with van der Waals surface area (Å²) in [5, 5.41) is 8.11. The van der Waals surface area contributed by atoms with Crippen LogP contribution in [0.15, 0.2) is 11.2 Å². The number of aromatic nitrogens is 2. The van der Waals surface area contributed by atoms with Crippen molar-refractivity contribution in [1.82, 2.24) is 9.78 Å². The SMILES string of the molecule is CC(C)=NOc1cc(C(C)(C)C)n(C)n1. The molecular formula is C11H19N3O. The number of aryl methyl sites for hydroxylation is 1. The molecule has 4 heteroatoms. The lowest BCUT2D eigenvalue weighted by atomic mass is 9.92. The van der Waals surface area contributed by atoms with Crippen LogP contribution in [0, 0.1) is 0 Å². The van der Waals surface area contributed by atoms with Crippen LogP contribution in [-0.4, -0.2) is 15.5 Å². The Morgan fingerprint density at radius 3 is 2.40 bits per heavy atom. The van der Waals surface area contributed by atoms with E-state index in [2.05, 4.69) is 31.0 Å². The van der Waals surface area contributed by atoms with E-state index in [-0.39, 0.29) is 5.41 Å². The monoisotopic (exact) mass is 209 g/mol. The van der Waals surface area contributed by atoms with Gasteiger partial charge in [-0.05, 0) is 13.8 Å². The normalized spacial score (nSPS) is 11.3. The number of hydrogen-bond donors (Lipinski definition) is 0. The maximum Gasteiger partial charge on any atom is 0.267 e. The molecule has 1 rings (SSSR count). The number of oxime groups is 1. The summed E-state index contributed by atoms with van der Waals surface area (Å²) in [5.41, 5.74) is 2.06. The second-order valence-corrected chi connectivity index (χ2v) is 4.87. The maximum atomic E-state index is 5.18. The maximum absolute atomic E-state index is 5.18. The van der Waals surface area contributed by atoms with E-state index in [0.717, 1.165) is 11.4 Å². The van der Waals surface area contributed by atoms with E-state index in [0.29, 0.717) is 5.88 Å². The second-order valence-electron chi connectivity index (χ2n) is 4.87. The minimum atomic E-state index is 0.0638. The van der Waals surface area contributed by atoms with Gasteiger partial charge in [0.1, 0.15) is 0 Å². The van der Waals surface area contributed by atoms with Crippen LogP contribution in [0.2, 0.25) is 0 Å². The standard InChI is InChI=1S/C11H19N3O/c1-8(2)13-15-10-7-9(11(3,4)5)14(6)12-10/h7H,1-6H3. The third-order valence-corrected chi connectivity index (χ3v) is 1.95. The van der Waals surface area contributed by atoms with Crippen LogP contribution < -0.4 is 4.84 Å². The van der Waals surface area contributed by atoms with Gasteiger partial charge in [-0.25, -0.2) is 0 Å². The fraction of sp³-hybridized carbons (Fsp3) is 0.636. The fourth-order valence-corrected chi connectivity index (χ4v) is 1.33. The predicted octanol–water partition coefficient (Wildman–Crippen LogP) is 2.49. The summed E-state index contributed by atoms with van der Waals surface area (Å²) in [5.74, 6) is 0.545. The Balaban J connectivity index is 2.92. The molecule has 0 radical (unpaired) electrons. The van der Waals surface area contributed by atoms with Crippen molar-refractivity contribution in [2.24, 2.45) is 12.2 Å². The predicted molar refractivity (Wildman–Crippen MR) is 61.3 cm³/mol. The first-order valence-corrected chi connectivity index (χ1v) is 5.03. The summed E-state index contributed by atoms with van der Waals surface area (Å²) in [6, 6.07) is 1.92. The molecule has 0 amide bonds. The molecule has 0 saturated carbocycles. The zero-order valence-electron chi connectivity index (χ0n) is 10.3. The Morgan fingerprint density at radius 1 is 1.40 bits per heavy atom. The molecule has 0 bridgehead atoms. The lowest BCUT2D eigenvalue weighted by molar-refractivity contribution is 0.323. The van der Waals surface area contributed by atoms with Crippen molar-refractivity contribution < 1.29 is 4.84 Å². The van der Waals surface area contributed by atoms with Gasteiger partial charge in [0.15, 0.2) is 0 Å². The lowest BCUT2D eigenvalue weighted by Crippen LogP contribution is -2.16. The first-order chi connectivity index (χ1) is 6.80. The van der Waals surface area contributed by atoms with Crippen molar-refractivity contribution in [2.75, 3.05) is 0 Å². The summed E-state index contributed by atoms with van der Waals surface area (Å²) in [6.45, 7) is 10.2. The number of nitrogens with zero attached hydrogens (tertiary/aromatic N) is 3. The zero-order chi connectivity index (χ0) is 11.6. The molecule has 0 aromatic carbocycles. The van der Waals surface area contributed by atoms with Crippen molar-refractivity contribution in [3.8, 4) is 5.88 Å². The Labute approximate surface area is 90.9 Å². The van der Waals surface area contributed by atoms with Gasteiger partial charge in [0.05, 0.1) is 5.71 Å². The molecular weight excluding hydrogens is 190 g/mol. The second kappa shape index (κ2) is 4.04. The molecule has 1 heterocycles. The summed E-state index contributed by atoms with van der Waals surface area (Å²) in [7, 11) is 1.91. The molecule has 0 atom stereocenters. The summed E-state index contributed by atoms with van der Waals surface area (Å²) < 4.78 is 1.83. The minimum Gasteiger partial charge on any atom is -0.335 e. The Kier molecular flexibility index (Phi) is 3.17. The van der Waals surface area contributed by atoms with Crippen molar-refractivity contribution in [1.29, 1.82) is 0 Å². The smallest absolute Gasteiger partial charge is 0.267 e. The van der Waals surface area contributed by atoms with Gasteiger partial charge in [0.2, 0.25) is 0 Å². The van der Waals surface area contributed by atoms with Crippen molar-refractivity contribution in [3.05, 3.63) is 11.8 Å². The van der Waals surface area contributed by atoms with Crippen LogP contribution in [0.3, 0.4) is 0 Å². The van der Waals surface area contributed by atoms with Crippen molar-refractivity contribution in [2.45, 2.75) is 40.0 Å². The van der Waals surface area contributed by atoms with Gasteiger partial charge in [-0.1, -0.05) is 25.9 Å². The molecule has 1 aromatic heterocycles. The third kappa shape index (κ3) is 3.08. The molecule has 0 N–H and O–H groups in total. The van der Waals surface area contributed by atoms with Crippen LogP contribution in [0.25, 0.3) is 0 Å². The van der Waals surface area contributed by atoms with Crippen LogP contribution >= 0.6 is 0 Å². The largest absolute Gasteiger partial charge is 0.335 e. The average Bonchev–Trinajstić information content (AvgIpc) is 2.42. The Morgan fingerprint density at radius 2 is 2.00 bits per heavy atom. The molecule has 0 unspecified atom stereocenters. The molecule has 0 spiro atoms. The van der Waals surface area contributed by atoms with Gasteiger partial charge in [-0.3, -0.25) is 4.68 Å². The van der Waals surface area contributed by atoms with Gasteiger partial charge in [-0.2, -0.15) is 0 Å². The van der Waals surface area contributed by atoms with E-state index in [1.54, 1.807) is 0 Å². The first-order valence-electron chi connectivity index (χ1n) is 5.03. The summed E-state index contributed by atoms with van der Waals surface area (Å²) >= 11 is 0. The topological polar surface area (TPSA) is 39.4 Å². The molecule has 15 heavy (non-hydrogen) atoms. The van der Waals surface area contributed by atoms with Crippen molar-refractivity contribution >= 4 is 5.71 Å².